The number of benzene rings is 1. The van der Waals surface area contributed by atoms with Crippen LogP contribution in [0.4, 0.5) is 8.78 Å². The zero-order valence-corrected chi connectivity index (χ0v) is 17.3. The van der Waals surface area contributed by atoms with E-state index in [-0.39, 0.29) is 12.3 Å². The molecule has 0 aliphatic rings. The van der Waals surface area contributed by atoms with Crippen molar-refractivity contribution in [1.82, 2.24) is 25.4 Å². The van der Waals surface area contributed by atoms with E-state index in [0.29, 0.717) is 37.0 Å². The number of guanidine groups is 1. The van der Waals surface area contributed by atoms with Gasteiger partial charge in [0.05, 0.1) is 6.10 Å². The number of aryl methyl sites for hydroxylation is 1. The van der Waals surface area contributed by atoms with Crippen molar-refractivity contribution in [2.24, 2.45) is 12.0 Å². The number of ether oxygens (including phenoxy) is 2. The zero-order chi connectivity index (χ0) is 21.9. The van der Waals surface area contributed by atoms with Gasteiger partial charge in [0, 0.05) is 33.9 Å². The SMILES string of the molecule is COCCCNC(=NCc1nnc(C)n1C)NCC(O)c1ccc(OC(F)F)cc1. The second-order valence-corrected chi connectivity index (χ2v) is 6.50. The lowest BCUT2D eigenvalue weighted by atomic mass is 10.1. The number of halogens is 2. The molecule has 0 aliphatic heterocycles. The van der Waals surface area contributed by atoms with Gasteiger partial charge in [-0.3, -0.25) is 0 Å². The van der Waals surface area contributed by atoms with E-state index >= 15 is 0 Å². The molecule has 0 fully saturated rings. The minimum atomic E-state index is -2.89. The Balaban J connectivity index is 1.96. The first kappa shape index (κ1) is 23.5. The number of nitrogens with one attached hydrogen (secondary N) is 2. The minimum absolute atomic E-state index is 0.0370. The Bertz CT molecular complexity index is 798. The number of rotatable bonds is 11. The van der Waals surface area contributed by atoms with E-state index in [1.807, 2.05) is 18.5 Å². The quantitative estimate of drug-likeness (QED) is 0.284. The molecule has 2 aromatic rings. The monoisotopic (exact) mass is 426 g/mol. The molecule has 11 heteroatoms. The fourth-order valence-electron chi connectivity index (χ4n) is 2.52. The fraction of sp³-hybridized carbons (Fsp3) is 0.526. The Morgan fingerprint density at radius 1 is 1.23 bits per heavy atom. The van der Waals surface area contributed by atoms with Crippen molar-refractivity contribution in [3.63, 3.8) is 0 Å². The summed E-state index contributed by atoms with van der Waals surface area (Å²) in [6.07, 6.45) is -0.0809. The topological polar surface area (TPSA) is 106 Å². The van der Waals surface area contributed by atoms with E-state index in [9.17, 15) is 13.9 Å². The highest BCUT2D eigenvalue weighted by Gasteiger charge is 2.11. The van der Waals surface area contributed by atoms with E-state index < -0.39 is 12.7 Å². The van der Waals surface area contributed by atoms with Crippen LogP contribution in [0.5, 0.6) is 5.75 Å². The Kier molecular flexibility index (Phi) is 9.42. The van der Waals surface area contributed by atoms with Crippen LogP contribution < -0.4 is 15.4 Å². The van der Waals surface area contributed by atoms with Crippen molar-refractivity contribution in [1.29, 1.82) is 0 Å². The van der Waals surface area contributed by atoms with Gasteiger partial charge in [-0.2, -0.15) is 8.78 Å². The molecular weight excluding hydrogens is 398 g/mol. The molecule has 2 rings (SSSR count). The number of methoxy groups -OCH3 is 1. The van der Waals surface area contributed by atoms with Crippen molar-refractivity contribution in [2.45, 2.75) is 32.6 Å². The van der Waals surface area contributed by atoms with Crippen LogP contribution in [-0.2, 0) is 18.3 Å². The van der Waals surface area contributed by atoms with Crippen molar-refractivity contribution in [3.05, 3.63) is 41.5 Å². The average molecular weight is 426 g/mol. The Morgan fingerprint density at radius 2 is 1.97 bits per heavy atom. The third kappa shape index (κ3) is 7.56. The molecule has 0 radical (unpaired) electrons. The van der Waals surface area contributed by atoms with Crippen LogP contribution in [0.15, 0.2) is 29.3 Å². The summed E-state index contributed by atoms with van der Waals surface area (Å²) in [6.45, 7) is 0.695. The average Bonchev–Trinajstić information content (AvgIpc) is 3.04. The lowest BCUT2D eigenvalue weighted by molar-refractivity contribution is -0.0498. The molecular formula is C19H28F2N6O3. The molecule has 1 unspecified atom stereocenters. The van der Waals surface area contributed by atoms with Crippen LogP contribution >= 0.6 is 0 Å². The van der Waals surface area contributed by atoms with E-state index in [0.717, 1.165) is 12.2 Å². The van der Waals surface area contributed by atoms with Crippen LogP contribution in [0.1, 0.15) is 29.7 Å². The summed E-state index contributed by atoms with van der Waals surface area (Å²) < 4.78 is 35.7. The summed E-state index contributed by atoms with van der Waals surface area (Å²) in [7, 11) is 3.50. The molecule has 9 nitrogen and oxygen atoms in total. The summed E-state index contributed by atoms with van der Waals surface area (Å²) in [5, 5.41) is 24.7. The maximum absolute atomic E-state index is 12.2. The van der Waals surface area contributed by atoms with Gasteiger partial charge in [0.25, 0.3) is 0 Å². The lowest BCUT2D eigenvalue weighted by Crippen LogP contribution is -2.40. The number of alkyl halides is 2. The number of nitrogens with zero attached hydrogens (tertiary/aromatic N) is 4. The highest BCUT2D eigenvalue weighted by atomic mass is 19.3. The second-order valence-electron chi connectivity index (χ2n) is 6.50. The second kappa shape index (κ2) is 12.0. The normalized spacial score (nSPS) is 12.8. The molecule has 0 aliphatic carbocycles. The standard InChI is InChI=1S/C19H28F2N6O3/c1-13-25-26-17(27(13)2)12-24-19(22-9-4-10-29-3)23-11-16(28)14-5-7-15(8-6-14)30-18(20)21/h5-8,16,18,28H,4,9-12H2,1-3H3,(H2,22,23,24). The molecule has 0 saturated carbocycles. The van der Waals surface area contributed by atoms with Gasteiger partial charge in [0.15, 0.2) is 11.8 Å². The van der Waals surface area contributed by atoms with Crippen LogP contribution in [0.2, 0.25) is 0 Å². The predicted molar refractivity (Wildman–Crippen MR) is 107 cm³/mol. The molecule has 0 bridgehead atoms. The van der Waals surface area contributed by atoms with Gasteiger partial charge in [0.1, 0.15) is 18.1 Å². The third-order valence-electron chi connectivity index (χ3n) is 4.33. The van der Waals surface area contributed by atoms with Gasteiger partial charge in [0.2, 0.25) is 0 Å². The van der Waals surface area contributed by atoms with E-state index in [1.54, 1.807) is 7.11 Å². The van der Waals surface area contributed by atoms with E-state index in [4.69, 9.17) is 4.74 Å². The molecule has 3 N–H and O–H groups in total. The molecule has 1 aromatic carbocycles. The molecule has 1 heterocycles. The number of aliphatic imine (C=N–C) groups is 1. The summed E-state index contributed by atoms with van der Waals surface area (Å²) in [4.78, 5) is 4.49. The van der Waals surface area contributed by atoms with Crippen molar-refractivity contribution >= 4 is 5.96 Å². The summed E-state index contributed by atoms with van der Waals surface area (Å²) in [5.41, 5.74) is 0.562. The van der Waals surface area contributed by atoms with Crippen molar-refractivity contribution in [3.8, 4) is 5.75 Å². The number of aliphatic hydroxyl groups excluding tert-OH is 1. The smallest absolute Gasteiger partial charge is 0.387 e. The van der Waals surface area contributed by atoms with Gasteiger partial charge < -0.3 is 29.8 Å². The molecule has 166 valence electrons. The molecule has 0 spiro atoms. The van der Waals surface area contributed by atoms with Crippen LogP contribution in [0.3, 0.4) is 0 Å². The van der Waals surface area contributed by atoms with Gasteiger partial charge in [-0.05, 0) is 31.0 Å². The largest absolute Gasteiger partial charge is 0.435 e. The molecule has 0 amide bonds. The van der Waals surface area contributed by atoms with E-state index in [1.165, 1.54) is 24.3 Å². The van der Waals surface area contributed by atoms with Gasteiger partial charge in [-0.1, -0.05) is 12.1 Å². The Hall–Kier alpha value is -2.79. The fourth-order valence-corrected chi connectivity index (χ4v) is 2.52. The Morgan fingerprint density at radius 3 is 2.57 bits per heavy atom. The number of aromatic nitrogens is 3. The third-order valence-corrected chi connectivity index (χ3v) is 4.33. The van der Waals surface area contributed by atoms with Crippen molar-refractivity contribution < 1.29 is 23.4 Å². The molecule has 1 atom stereocenters. The van der Waals surface area contributed by atoms with Gasteiger partial charge in [-0.15, -0.1) is 10.2 Å². The minimum Gasteiger partial charge on any atom is -0.435 e. The highest BCUT2D eigenvalue weighted by Crippen LogP contribution is 2.19. The van der Waals surface area contributed by atoms with Gasteiger partial charge >= 0.3 is 6.61 Å². The number of hydrogen-bond acceptors (Lipinski definition) is 6. The highest BCUT2D eigenvalue weighted by molar-refractivity contribution is 5.79. The van der Waals surface area contributed by atoms with Gasteiger partial charge in [-0.25, -0.2) is 4.99 Å². The number of aliphatic hydroxyl groups is 1. The zero-order valence-electron chi connectivity index (χ0n) is 17.3. The van der Waals surface area contributed by atoms with Crippen molar-refractivity contribution in [2.75, 3.05) is 26.8 Å². The molecule has 30 heavy (non-hydrogen) atoms. The lowest BCUT2D eigenvalue weighted by Gasteiger charge is -2.16. The first-order chi connectivity index (χ1) is 14.4. The summed E-state index contributed by atoms with van der Waals surface area (Å²) >= 11 is 0. The summed E-state index contributed by atoms with van der Waals surface area (Å²) in [6, 6.07) is 5.85. The van der Waals surface area contributed by atoms with Crippen LogP contribution in [-0.4, -0.2) is 59.2 Å². The van der Waals surface area contributed by atoms with E-state index in [2.05, 4.69) is 30.6 Å². The predicted octanol–water partition coefficient (Wildman–Crippen LogP) is 1.53. The number of hydrogen-bond donors (Lipinski definition) is 3. The Labute approximate surface area is 174 Å². The molecule has 1 aromatic heterocycles. The molecule has 0 saturated heterocycles. The summed E-state index contributed by atoms with van der Waals surface area (Å²) in [5.74, 6) is 2.04. The van der Waals surface area contributed by atoms with Crippen LogP contribution in [0, 0.1) is 6.92 Å². The van der Waals surface area contributed by atoms with Crippen LogP contribution in [0.25, 0.3) is 0 Å². The maximum atomic E-state index is 12.2. The first-order valence-electron chi connectivity index (χ1n) is 9.49. The first-order valence-corrected chi connectivity index (χ1v) is 9.49. The maximum Gasteiger partial charge on any atom is 0.387 e.